The average Bonchev–Trinajstić information content (AvgIpc) is 2.86. The number of halogens is 1. The van der Waals surface area contributed by atoms with E-state index in [0.29, 0.717) is 32.2 Å². The molecule has 3 N–H and O–H groups in total. The Labute approximate surface area is 250 Å². The largest absolute Gasteiger partial charge is 0.480 e. The van der Waals surface area contributed by atoms with Crippen molar-refractivity contribution in [2.75, 3.05) is 46.2 Å². The van der Waals surface area contributed by atoms with Crippen LogP contribution in [0, 0.1) is 3.57 Å². The molecular weight excluding hydrogens is 635 g/mol. The summed E-state index contributed by atoms with van der Waals surface area (Å²) in [6.45, 7) is 5.82. The summed E-state index contributed by atoms with van der Waals surface area (Å²) < 4.78 is 22.0. The van der Waals surface area contributed by atoms with Crippen LogP contribution in [0.2, 0.25) is 0 Å². The highest BCUT2D eigenvalue weighted by atomic mass is 127. The first-order chi connectivity index (χ1) is 19.0. The van der Waals surface area contributed by atoms with Crippen LogP contribution < -0.4 is 10.6 Å². The van der Waals surface area contributed by atoms with Crippen LogP contribution in [0.15, 0.2) is 24.3 Å². The van der Waals surface area contributed by atoms with E-state index in [9.17, 15) is 19.2 Å². The first-order valence-corrected chi connectivity index (χ1v) is 14.5. The number of carboxylic acid groups (broad SMARTS) is 1. The number of hydrogen-bond donors (Lipinski definition) is 3. The van der Waals surface area contributed by atoms with Crippen LogP contribution in [0.1, 0.15) is 58.4 Å². The van der Waals surface area contributed by atoms with Crippen LogP contribution in [-0.2, 0) is 44.5 Å². The van der Waals surface area contributed by atoms with E-state index in [-0.39, 0.29) is 45.5 Å². The molecule has 1 aromatic rings. The van der Waals surface area contributed by atoms with Gasteiger partial charge in [0.05, 0.1) is 26.4 Å². The molecule has 0 aliphatic carbocycles. The van der Waals surface area contributed by atoms with Crippen molar-refractivity contribution in [3.05, 3.63) is 33.4 Å². The van der Waals surface area contributed by atoms with Crippen molar-refractivity contribution in [3.63, 3.8) is 0 Å². The molecule has 0 fully saturated rings. The summed E-state index contributed by atoms with van der Waals surface area (Å²) in [5.41, 5.74) is 0.510. The van der Waals surface area contributed by atoms with Gasteiger partial charge in [-0.15, -0.1) is 0 Å². The minimum absolute atomic E-state index is 0.00331. The number of nitrogens with one attached hydrogen (secondary N) is 2. The summed E-state index contributed by atoms with van der Waals surface area (Å²) in [6, 6.07) is 7.43. The Morgan fingerprint density at radius 3 is 2.12 bits per heavy atom. The number of hydrogen-bond acceptors (Lipinski definition) is 8. The number of aryl methyl sites for hydroxylation is 1. The Bertz CT molecular complexity index is 904. The third-order valence-corrected chi connectivity index (χ3v) is 5.97. The third-order valence-electron chi connectivity index (χ3n) is 5.25. The molecule has 1 rings (SSSR count). The van der Waals surface area contributed by atoms with Crippen molar-refractivity contribution in [1.82, 2.24) is 10.6 Å². The topological polar surface area (TPSA) is 149 Å². The second-order valence-corrected chi connectivity index (χ2v) is 11.3. The maximum Gasteiger partial charge on any atom is 0.329 e. The molecule has 12 heteroatoms. The van der Waals surface area contributed by atoms with Crippen LogP contribution in [0.3, 0.4) is 0 Å². The van der Waals surface area contributed by atoms with Gasteiger partial charge >= 0.3 is 11.9 Å². The molecule has 0 saturated heterocycles. The highest BCUT2D eigenvalue weighted by Gasteiger charge is 2.26. The Morgan fingerprint density at radius 2 is 1.50 bits per heavy atom. The predicted octanol–water partition coefficient (Wildman–Crippen LogP) is 2.86. The van der Waals surface area contributed by atoms with Gasteiger partial charge in [-0.1, -0.05) is 12.1 Å². The number of benzene rings is 1. The van der Waals surface area contributed by atoms with Gasteiger partial charge in [0.15, 0.2) is 0 Å². The SMILES string of the molecule is CC(C)(C)OC(=O)[C@H](CCCCNC(=O)CCCc1ccc(I)cc1)NC(=O)COCCOCCOCC(=O)O. The van der Waals surface area contributed by atoms with Crippen molar-refractivity contribution < 1.29 is 43.2 Å². The molecule has 40 heavy (non-hydrogen) atoms. The number of aliphatic carboxylic acids is 1. The molecule has 0 saturated carbocycles. The van der Waals surface area contributed by atoms with Gasteiger partial charge in [-0.2, -0.15) is 0 Å². The standard InChI is InChI=1S/C28H43IN2O9/c1-28(2,3)40-27(36)23(31-25(33)19-38-17-15-37-16-18-39-20-26(34)35)8-4-5-14-30-24(32)9-6-7-21-10-12-22(29)13-11-21/h10-13,23H,4-9,14-20H2,1-3H3,(H,30,32)(H,31,33)(H,34,35)/t23-/m0/s1. The number of unbranched alkanes of at least 4 members (excludes halogenated alkanes) is 1. The van der Waals surface area contributed by atoms with E-state index in [2.05, 4.69) is 57.5 Å². The van der Waals surface area contributed by atoms with E-state index in [0.717, 1.165) is 12.8 Å². The molecule has 0 bridgehead atoms. The van der Waals surface area contributed by atoms with E-state index in [4.69, 9.17) is 24.1 Å². The lowest BCUT2D eigenvalue weighted by Gasteiger charge is -2.24. The molecule has 11 nitrogen and oxygen atoms in total. The fourth-order valence-corrected chi connectivity index (χ4v) is 3.77. The van der Waals surface area contributed by atoms with E-state index in [1.807, 2.05) is 0 Å². The summed E-state index contributed by atoms with van der Waals surface area (Å²) in [7, 11) is 0. The molecule has 0 aromatic heterocycles. The predicted molar refractivity (Wildman–Crippen MR) is 157 cm³/mol. The second-order valence-electron chi connectivity index (χ2n) is 10.1. The molecule has 1 atom stereocenters. The number of carboxylic acids is 1. The maximum atomic E-state index is 12.6. The average molecular weight is 679 g/mol. The van der Waals surface area contributed by atoms with Crippen LogP contribution in [0.25, 0.3) is 0 Å². The van der Waals surface area contributed by atoms with Crippen LogP contribution >= 0.6 is 22.6 Å². The minimum Gasteiger partial charge on any atom is -0.480 e. The van der Waals surface area contributed by atoms with Crippen molar-refractivity contribution >= 4 is 46.3 Å². The van der Waals surface area contributed by atoms with E-state index >= 15 is 0 Å². The summed E-state index contributed by atoms with van der Waals surface area (Å²) in [5.74, 6) is -2.03. The Balaban J connectivity index is 2.28. The van der Waals surface area contributed by atoms with Gasteiger partial charge in [-0.05, 0) is 93.2 Å². The lowest BCUT2D eigenvalue weighted by Crippen LogP contribution is -2.45. The Morgan fingerprint density at radius 1 is 0.875 bits per heavy atom. The van der Waals surface area contributed by atoms with Crippen LogP contribution in [-0.4, -0.2) is 86.7 Å². The van der Waals surface area contributed by atoms with Gasteiger partial charge in [0.25, 0.3) is 0 Å². The van der Waals surface area contributed by atoms with Gasteiger partial charge in [0.1, 0.15) is 24.9 Å². The zero-order chi connectivity index (χ0) is 29.8. The Hall–Kier alpha value is -2.29. The van der Waals surface area contributed by atoms with E-state index < -0.39 is 29.5 Å². The fourth-order valence-electron chi connectivity index (χ4n) is 3.41. The second kappa shape index (κ2) is 20.6. The normalized spacial score (nSPS) is 12.0. The molecule has 0 aliphatic heterocycles. The molecule has 1 aromatic carbocycles. The number of ether oxygens (including phenoxy) is 4. The minimum atomic E-state index is -1.05. The van der Waals surface area contributed by atoms with Gasteiger partial charge in [-0.3, -0.25) is 9.59 Å². The summed E-state index contributed by atoms with van der Waals surface area (Å²) in [4.78, 5) is 47.5. The first-order valence-electron chi connectivity index (χ1n) is 13.4. The molecule has 0 heterocycles. The molecule has 0 spiro atoms. The number of carbonyl (C=O) groups excluding carboxylic acids is 3. The van der Waals surface area contributed by atoms with E-state index in [1.165, 1.54) is 9.13 Å². The lowest BCUT2D eigenvalue weighted by atomic mass is 10.1. The number of carbonyl (C=O) groups is 4. The number of rotatable bonds is 21. The fraction of sp³-hybridized carbons (Fsp3) is 0.643. The molecule has 0 aliphatic rings. The first kappa shape index (κ1) is 35.7. The monoisotopic (exact) mass is 678 g/mol. The van der Waals surface area contributed by atoms with Gasteiger partial charge in [0, 0.05) is 16.5 Å². The lowest BCUT2D eigenvalue weighted by molar-refractivity contribution is -0.159. The number of amides is 2. The van der Waals surface area contributed by atoms with Crippen molar-refractivity contribution in [2.45, 2.75) is 70.9 Å². The molecule has 0 unspecified atom stereocenters. The molecule has 0 radical (unpaired) electrons. The smallest absolute Gasteiger partial charge is 0.329 e. The third kappa shape index (κ3) is 19.7. The van der Waals surface area contributed by atoms with E-state index in [1.54, 1.807) is 20.8 Å². The van der Waals surface area contributed by atoms with Gasteiger partial charge < -0.3 is 34.7 Å². The summed E-state index contributed by atoms with van der Waals surface area (Å²) in [5, 5.41) is 14.1. The summed E-state index contributed by atoms with van der Waals surface area (Å²) in [6.07, 6.45) is 3.69. The zero-order valence-electron chi connectivity index (χ0n) is 23.7. The van der Waals surface area contributed by atoms with Gasteiger partial charge in [-0.25, -0.2) is 9.59 Å². The zero-order valence-corrected chi connectivity index (χ0v) is 25.8. The van der Waals surface area contributed by atoms with Crippen LogP contribution in [0.4, 0.5) is 0 Å². The highest BCUT2D eigenvalue weighted by Crippen LogP contribution is 2.12. The Kier molecular flexibility index (Phi) is 18.4. The summed E-state index contributed by atoms with van der Waals surface area (Å²) >= 11 is 2.26. The molecule has 226 valence electrons. The van der Waals surface area contributed by atoms with Crippen LogP contribution in [0.5, 0.6) is 0 Å². The highest BCUT2D eigenvalue weighted by molar-refractivity contribution is 14.1. The number of esters is 1. The molecular formula is C28H43IN2O9. The van der Waals surface area contributed by atoms with Crippen molar-refractivity contribution in [3.8, 4) is 0 Å². The maximum absolute atomic E-state index is 12.6. The molecule has 2 amide bonds. The quantitative estimate of drug-likeness (QED) is 0.101. The van der Waals surface area contributed by atoms with Crippen molar-refractivity contribution in [2.24, 2.45) is 0 Å². The van der Waals surface area contributed by atoms with Gasteiger partial charge in [0.2, 0.25) is 11.8 Å². The van der Waals surface area contributed by atoms with Crippen molar-refractivity contribution in [1.29, 1.82) is 0 Å².